The third-order valence-corrected chi connectivity index (χ3v) is 4.40. The Hall–Kier alpha value is -1.39. The van der Waals surface area contributed by atoms with Gasteiger partial charge < -0.3 is 34.3 Å². The molecule has 2 fully saturated rings. The van der Waals surface area contributed by atoms with Crippen molar-refractivity contribution in [3.05, 3.63) is 30.1 Å². The normalized spacial score (nSPS) is 33.0. The summed E-state index contributed by atoms with van der Waals surface area (Å²) in [4.78, 5) is 31.0. The molecule has 138 valence electrons. The minimum absolute atomic E-state index is 0.278. The lowest BCUT2D eigenvalue weighted by Gasteiger charge is -2.24. The summed E-state index contributed by atoms with van der Waals surface area (Å²) in [6.45, 7) is 3.01. The lowest BCUT2D eigenvalue weighted by atomic mass is 10.1. The summed E-state index contributed by atoms with van der Waals surface area (Å²) in [6.07, 6.45) is 0.501. The summed E-state index contributed by atoms with van der Waals surface area (Å²) in [5.74, 6) is -1.50. The van der Waals surface area contributed by atoms with Gasteiger partial charge in [0.15, 0.2) is 24.3 Å². The number of primary amides is 1. The highest BCUT2D eigenvalue weighted by molar-refractivity contribution is 7.44. The van der Waals surface area contributed by atoms with E-state index < -0.39 is 50.7 Å². The first-order valence-corrected chi connectivity index (χ1v) is 9.05. The molecule has 0 bridgehead atoms. The van der Waals surface area contributed by atoms with Gasteiger partial charge in [0, 0.05) is 6.07 Å². The number of hydrogen-bond donors (Lipinski definition) is 2. The van der Waals surface area contributed by atoms with Crippen LogP contribution in [0.2, 0.25) is 0 Å². The molecule has 0 spiro atoms. The second kappa shape index (κ2) is 6.40. The van der Waals surface area contributed by atoms with Crippen molar-refractivity contribution < 1.29 is 42.4 Å². The number of nitrogens with zero attached hydrogens (tertiary/aromatic N) is 1. The van der Waals surface area contributed by atoms with Crippen molar-refractivity contribution in [2.75, 3.05) is 6.61 Å². The van der Waals surface area contributed by atoms with Crippen LogP contribution in [-0.4, -0.2) is 41.5 Å². The lowest BCUT2D eigenvalue weighted by Crippen LogP contribution is -2.46. The molecule has 25 heavy (non-hydrogen) atoms. The molecule has 5 atom stereocenters. The Morgan fingerprint density at radius 3 is 2.80 bits per heavy atom. The number of fused-ring (bicyclic) bond motifs is 1. The fourth-order valence-corrected chi connectivity index (χ4v) is 3.33. The number of pyridine rings is 1. The van der Waals surface area contributed by atoms with E-state index in [9.17, 15) is 14.3 Å². The highest BCUT2D eigenvalue weighted by atomic mass is 31.2. The molecule has 1 unspecified atom stereocenters. The summed E-state index contributed by atoms with van der Waals surface area (Å²) >= 11 is 0. The molecule has 1 aromatic heterocycles. The van der Waals surface area contributed by atoms with Crippen LogP contribution in [0.15, 0.2) is 24.5 Å². The topological polar surface area (TPSA) is 144 Å². The predicted octanol–water partition coefficient (Wildman–Crippen LogP) is -1.03. The molecule has 1 amide bonds. The minimum atomic E-state index is -4.89. The van der Waals surface area contributed by atoms with Crippen LogP contribution in [0.5, 0.6) is 0 Å². The Balaban J connectivity index is 1.86. The second-order valence-corrected chi connectivity index (χ2v) is 7.49. The molecular formula is C14H19N2O8P. The van der Waals surface area contributed by atoms with Crippen LogP contribution in [0.3, 0.4) is 0 Å². The number of phosphoric ester groups is 1. The van der Waals surface area contributed by atoms with Crippen LogP contribution >= 0.6 is 7.82 Å². The van der Waals surface area contributed by atoms with Crippen molar-refractivity contribution in [1.82, 2.24) is 0 Å². The molecule has 3 N–H and O–H groups in total. The van der Waals surface area contributed by atoms with Gasteiger partial charge in [0.05, 0.1) is 6.61 Å². The van der Waals surface area contributed by atoms with Crippen LogP contribution in [0.1, 0.15) is 30.4 Å². The van der Waals surface area contributed by atoms with Crippen LogP contribution in [0.4, 0.5) is 0 Å². The van der Waals surface area contributed by atoms with Crippen molar-refractivity contribution in [1.29, 1.82) is 0 Å². The largest absolute Gasteiger partial charge is 0.756 e. The SMILES string of the molecule is CC1(C)O[C@@H]2[C@H](O1)[C@@H](COP(=O)([O-])O)O[C@H]2[n+]1cccc(C(N)=O)c1. The molecular weight excluding hydrogens is 355 g/mol. The number of ether oxygens (including phenoxy) is 3. The zero-order valence-corrected chi connectivity index (χ0v) is 14.5. The molecule has 0 saturated carbocycles. The molecule has 11 heteroatoms. The zero-order valence-electron chi connectivity index (χ0n) is 13.6. The molecule has 2 saturated heterocycles. The van der Waals surface area contributed by atoms with Crippen LogP contribution in [0, 0.1) is 0 Å². The van der Waals surface area contributed by atoms with E-state index in [1.54, 1.807) is 36.7 Å². The molecule has 3 rings (SSSR count). The van der Waals surface area contributed by atoms with E-state index in [-0.39, 0.29) is 5.56 Å². The van der Waals surface area contributed by atoms with Crippen molar-refractivity contribution in [3.8, 4) is 0 Å². The minimum Gasteiger partial charge on any atom is -0.756 e. The van der Waals surface area contributed by atoms with Gasteiger partial charge >= 0.3 is 0 Å². The van der Waals surface area contributed by atoms with E-state index in [1.807, 2.05) is 0 Å². The van der Waals surface area contributed by atoms with E-state index in [1.165, 1.54) is 6.20 Å². The van der Waals surface area contributed by atoms with Crippen molar-refractivity contribution in [2.45, 2.75) is 44.2 Å². The Labute approximate surface area is 143 Å². The van der Waals surface area contributed by atoms with Crippen LogP contribution < -0.4 is 15.2 Å². The van der Waals surface area contributed by atoms with E-state index in [0.717, 1.165) is 0 Å². The fourth-order valence-electron chi connectivity index (χ4n) is 3.00. The van der Waals surface area contributed by atoms with Gasteiger partial charge in [-0.15, -0.1) is 0 Å². The first-order chi connectivity index (χ1) is 11.6. The number of phosphoric acid groups is 1. The molecule has 2 aliphatic rings. The number of hydrogen-bond acceptors (Lipinski definition) is 7. The van der Waals surface area contributed by atoms with Crippen LogP contribution in [0.25, 0.3) is 0 Å². The van der Waals surface area contributed by atoms with Gasteiger partial charge in [-0.05, 0) is 19.9 Å². The summed E-state index contributed by atoms with van der Waals surface area (Å²) in [7, 11) is -4.89. The number of amides is 1. The average Bonchev–Trinajstić information content (AvgIpc) is 2.97. The lowest BCUT2D eigenvalue weighted by molar-refractivity contribution is -0.766. The predicted molar refractivity (Wildman–Crippen MR) is 78.7 cm³/mol. The van der Waals surface area contributed by atoms with Gasteiger partial charge in [0.25, 0.3) is 20.0 Å². The van der Waals surface area contributed by atoms with E-state index in [0.29, 0.717) is 0 Å². The first kappa shape index (κ1) is 18.4. The van der Waals surface area contributed by atoms with Crippen molar-refractivity contribution in [2.24, 2.45) is 5.73 Å². The maximum Gasteiger partial charge on any atom is 0.292 e. The van der Waals surface area contributed by atoms with E-state index in [2.05, 4.69) is 4.52 Å². The van der Waals surface area contributed by atoms with Crippen LogP contribution in [-0.2, 0) is 23.3 Å². The van der Waals surface area contributed by atoms with Gasteiger partial charge in [-0.1, -0.05) is 0 Å². The number of carbonyl (C=O) groups excluding carboxylic acids is 1. The van der Waals surface area contributed by atoms with E-state index >= 15 is 0 Å². The monoisotopic (exact) mass is 374 g/mol. The molecule has 0 aliphatic carbocycles. The van der Waals surface area contributed by atoms with Gasteiger partial charge in [-0.2, -0.15) is 4.57 Å². The van der Waals surface area contributed by atoms with Crippen molar-refractivity contribution in [3.63, 3.8) is 0 Å². The fraction of sp³-hybridized carbons (Fsp3) is 0.571. The number of rotatable bonds is 5. The molecule has 0 aromatic carbocycles. The molecule has 0 radical (unpaired) electrons. The Morgan fingerprint density at radius 1 is 1.48 bits per heavy atom. The standard InChI is InChI=1S/C14H19N2O8P/c1-14(2)23-10-9(7-21-25(18,19)20)22-13(11(10)24-14)16-5-3-4-8(6-16)12(15)17/h3-6,9-11,13H,7H2,1-2H3,(H3-,15,17,18,19,20)/t9-,10-,11-,13-/m1/s1. The van der Waals surface area contributed by atoms with E-state index in [4.69, 9.17) is 24.8 Å². The number of aromatic nitrogens is 1. The van der Waals surface area contributed by atoms with Gasteiger partial charge in [0.1, 0.15) is 17.8 Å². The zero-order chi connectivity index (χ0) is 18.4. The number of carbonyl (C=O) groups is 1. The van der Waals surface area contributed by atoms with Gasteiger partial charge in [-0.25, -0.2) is 0 Å². The molecule has 3 heterocycles. The smallest absolute Gasteiger partial charge is 0.292 e. The summed E-state index contributed by atoms with van der Waals surface area (Å²) in [5.41, 5.74) is 5.57. The van der Waals surface area contributed by atoms with Gasteiger partial charge in [-0.3, -0.25) is 9.36 Å². The highest BCUT2D eigenvalue weighted by Gasteiger charge is 2.59. The first-order valence-electron chi connectivity index (χ1n) is 7.56. The number of nitrogens with two attached hydrogens (primary N) is 1. The summed E-state index contributed by atoms with van der Waals surface area (Å²) in [6, 6.07) is 3.18. The summed E-state index contributed by atoms with van der Waals surface area (Å²) < 4.78 is 34.3. The average molecular weight is 374 g/mol. The Bertz CT molecular complexity index is 721. The second-order valence-electron chi connectivity index (χ2n) is 6.30. The molecule has 10 nitrogen and oxygen atoms in total. The quantitative estimate of drug-likeness (QED) is 0.492. The maximum absolute atomic E-state index is 11.4. The maximum atomic E-state index is 11.4. The summed E-state index contributed by atoms with van der Waals surface area (Å²) in [5, 5.41) is 0. The molecule has 2 aliphatic heterocycles. The highest BCUT2D eigenvalue weighted by Crippen LogP contribution is 2.42. The third kappa shape index (κ3) is 4.06. The molecule has 1 aromatic rings. The van der Waals surface area contributed by atoms with Crippen molar-refractivity contribution >= 4 is 13.7 Å². The Kier molecular flexibility index (Phi) is 4.71. The third-order valence-electron chi connectivity index (χ3n) is 3.93. The van der Waals surface area contributed by atoms with Gasteiger partial charge in [0.2, 0.25) is 0 Å². The Morgan fingerprint density at radius 2 is 2.16 bits per heavy atom.